The standard InChI is InChI=1S/C24H28N4O5/c1-14(2)13-28-21-20(23(30)27-24(28)31)18(12-19(26-21)15-7-8-15)22(29)25-9-10-33-17-6-4-5-16(11-17)32-3/h4-6,11-12,14-15H,7-10,13H2,1-3H3,(H,25,29)(H,27,30,31). The molecule has 174 valence electrons. The van der Waals surface area contributed by atoms with Crippen LogP contribution in [0.3, 0.4) is 0 Å². The van der Waals surface area contributed by atoms with Crippen molar-refractivity contribution in [2.24, 2.45) is 5.92 Å². The number of ether oxygens (including phenoxy) is 2. The van der Waals surface area contributed by atoms with E-state index in [1.54, 1.807) is 25.3 Å². The van der Waals surface area contributed by atoms with Crippen LogP contribution in [0.25, 0.3) is 11.0 Å². The third-order valence-electron chi connectivity index (χ3n) is 5.45. The molecule has 0 spiro atoms. The van der Waals surface area contributed by atoms with Crippen molar-refractivity contribution in [3.63, 3.8) is 0 Å². The number of nitrogens with zero attached hydrogens (tertiary/aromatic N) is 2. The molecule has 3 aromatic rings. The number of carbonyl (C=O) groups is 1. The number of pyridine rings is 1. The molecular formula is C24H28N4O5. The van der Waals surface area contributed by atoms with Gasteiger partial charge in [0, 0.05) is 24.2 Å². The minimum atomic E-state index is -0.609. The highest BCUT2D eigenvalue weighted by atomic mass is 16.5. The van der Waals surface area contributed by atoms with Crippen molar-refractivity contribution in [1.29, 1.82) is 0 Å². The molecule has 0 radical (unpaired) electrons. The van der Waals surface area contributed by atoms with Crippen LogP contribution in [-0.2, 0) is 6.54 Å². The SMILES string of the molecule is COc1cccc(OCCNC(=O)c2cc(C3CC3)nc3c2c(=O)[nH]c(=O)n3CC(C)C)c1. The van der Waals surface area contributed by atoms with E-state index in [9.17, 15) is 14.4 Å². The summed E-state index contributed by atoms with van der Waals surface area (Å²) in [5.74, 6) is 1.31. The van der Waals surface area contributed by atoms with Gasteiger partial charge in [0.15, 0.2) is 5.65 Å². The van der Waals surface area contributed by atoms with Crippen LogP contribution >= 0.6 is 0 Å². The first kappa shape index (κ1) is 22.6. The average molecular weight is 453 g/mol. The number of amides is 1. The molecule has 1 aliphatic carbocycles. The van der Waals surface area contributed by atoms with Crippen LogP contribution in [0.2, 0.25) is 0 Å². The molecule has 0 unspecified atom stereocenters. The predicted octanol–water partition coefficient (Wildman–Crippen LogP) is 2.44. The van der Waals surface area contributed by atoms with E-state index in [1.807, 2.05) is 26.0 Å². The molecule has 0 atom stereocenters. The molecule has 2 heterocycles. The largest absolute Gasteiger partial charge is 0.497 e. The minimum absolute atomic E-state index is 0.130. The zero-order chi connectivity index (χ0) is 23.5. The molecule has 0 saturated heterocycles. The fourth-order valence-corrected chi connectivity index (χ4v) is 3.71. The number of nitrogens with one attached hydrogen (secondary N) is 2. The van der Waals surface area contributed by atoms with Crippen LogP contribution < -0.4 is 26.0 Å². The summed E-state index contributed by atoms with van der Waals surface area (Å²) in [5, 5.41) is 2.95. The molecule has 2 N–H and O–H groups in total. The first-order chi connectivity index (χ1) is 15.9. The summed E-state index contributed by atoms with van der Waals surface area (Å²) in [7, 11) is 1.58. The van der Waals surface area contributed by atoms with Gasteiger partial charge in [-0.05, 0) is 37.0 Å². The van der Waals surface area contributed by atoms with E-state index < -0.39 is 17.2 Å². The molecule has 1 saturated carbocycles. The maximum atomic E-state index is 13.1. The van der Waals surface area contributed by atoms with Crippen LogP contribution in [0.4, 0.5) is 0 Å². The number of carbonyl (C=O) groups excluding carboxylic acids is 1. The number of fused-ring (bicyclic) bond motifs is 1. The molecule has 33 heavy (non-hydrogen) atoms. The number of hydrogen-bond donors (Lipinski definition) is 2. The monoisotopic (exact) mass is 452 g/mol. The van der Waals surface area contributed by atoms with Gasteiger partial charge in [0.25, 0.3) is 11.5 Å². The second kappa shape index (κ2) is 9.48. The molecule has 1 aromatic carbocycles. The van der Waals surface area contributed by atoms with Gasteiger partial charge in [0.2, 0.25) is 0 Å². The predicted molar refractivity (Wildman–Crippen MR) is 124 cm³/mol. The fourth-order valence-electron chi connectivity index (χ4n) is 3.71. The first-order valence-electron chi connectivity index (χ1n) is 11.1. The summed E-state index contributed by atoms with van der Waals surface area (Å²) in [4.78, 5) is 45.3. The second-order valence-corrected chi connectivity index (χ2v) is 8.61. The van der Waals surface area contributed by atoms with Crippen LogP contribution in [0.1, 0.15) is 48.7 Å². The number of aromatic amines is 1. The Hall–Kier alpha value is -3.62. The molecule has 9 heteroatoms. The van der Waals surface area contributed by atoms with Gasteiger partial charge in [0.1, 0.15) is 18.1 Å². The molecular weight excluding hydrogens is 424 g/mol. The van der Waals surface area contributed by atoms with Gasteiger partial charge in [-0.25, -0.2) is 9.78 Å². The second-order valence-electron chi connectivity index (χ2n) is 8.61. The summed E-state index contributed by atoms with van der Waals surface area (Å²) >= 11 is 0. The van der Waals surface area contributed by atoms with Crippen LogP contribution in [0.15, 0.2) is 39.9 Å². The van der Waals surface area contributed by atoms with Crippen LogP contribution in [0.5, 0.6) is 11.5 Å². The zero-order valence-corrected chi connectivity index (χ0v) is 19.0. The highest BCUT2D eigenvalue weighted by Gasteiger charge is 2.28. The summed E-state index contributed by atoms with van der Waals surface area (Å²) < 4.78 is 12.3. The zero-order valence-electron chi connectivity index (χ0n) is 19.0. The van der Waals surface area contributed by atoms with Gasteiger partial charge >= 0.3 is 5.69 Å². The van der Waals surface area contributed by atoms with Crippen LogP contribution in [-0.4, -0.2) is 40.7 Å². The number of hydrogen-bond acceptors (Lipinski definition) is 6. The molecule has 2 aromatic heterocycles. The third kappa shape index (κ3) is 5.08. The number of methoxy groups -OCH3 is 1. The summed E-state index contributed by atoms with van der Waals surface area (Å²) in [6.07, 6.45) is 1.96. The summed E-state index contributed by atoms with van der Waals surface area (Å²) in [5.41, 5.74) is 0.104. The highest BCUT2D eigenvalue weighted by Crippen LogP contribution is 2.39. The van der Waals surface area contributed by atoms with Gasteiger partial charge in [-0.2, -0.15) is 0 Å². The lowest BCUT2D eigenvalue weighted by Crippen LogP contribution is -2.35. The van der Waals surface area contributed by atoms with E-state index >= 15 is 0 Å². The van der Waals surface area contributed by atoms with Gasteiger partial charge < -0.3 is 14.8 Å². The van der Waals surface area contributed by atoms with E-state index in [-0.39, 0.29) is 41.6 Å². The van der Waals surface area contributed by atoms with Crippen LogP contribution in [0, 0.1) is 5.92 Å². The number of aromatic nitrogens is 3. The number of H-pyrrole nitrogens is 1. The number of benzene rings is 1. The van der Waals surface area contributed by atoms with E-state index in [2.05, 4.69) is 15.3 Å². The maximum Gasteiger partial charge on any atom is 0.330 e. The smallest absolute Gasteiger partial charge is 0.330 e. The first-order valence-corrected chi connectivity index (χ1v) is 11.1. The lowest BCUT2D eigenvalue weighted by Gasteiger charge is -2.15. The normalized spacial score (nSPS) is 13.3. The van der Waals surface area contributed by atoms with Crippen molar-refractivity contribution in [1.82, 2.24) is 19.9 Å². The topological polar surface area (TPSA) is 115 Å². The Bertz CT molecular complexity index is 1290. The quantitative estimate of drug-likeness (QED) is 0.482. The molecule has 4 rings (SSSR count). The Morgan fingerprint density at radius 2 is 2.00 bits per heavy atom. The van der Waals surface area contributed by atoms with Gasteiger partial charge in [-0.3, -0.25) is 19.1 Å². The number of rotatable bonds is 9. The molecule has 0 aliphatic heterocycles. The van der Waals surface area contributed by atoms with Crippen molar-refractivity contribution in [2.75, 3.05) is 20.3 Å². The van der Waals surface area contributed by atoms with Gasteiger partial charge in [-0.1, -0.05) is 19.9 Å². The Balaban J connectivity index is 1.60. The van der Waals surface area contributed by atoms with Crippen molar-refractivity contribution >= 4 is 16.9 Å². The fraction of sp³-hybridized carbons (Fsp3) is 0.417. The van der Waals surface area contributed by atoms with E-state index in [0.717, 1.165) is 18.5 Å². The molecule has 1 aliphatic rings. The molecule has 1 amide bonds. The maximum absolute atomic E-state index is 13.1. The lowest BCUT2D eigenvalue weighted by molar-refractivity contribution is 0.0948. The van der Waals surface area contributed by atoms with Crippen molar-refractivity contribution in [3.8, 4) is 11.5 Å². The minimum Gasteiger partial charge on any atom is -0.497 e. The molecule has 1 fully saturated rings. The molecule has 9 nitrogen and oxygen atoms in total. The summed E-state index contributed by atoms with van der Waals surface area (Å²) in [6.45, 7) is 4.82. The Morgan fingerprint density at radius 3 is 2.70 bits per heavy atom. The third-order valence-corrected chi connectivity index (χ3v) is 5.45. The Morgan fingerprint density at radius 1 is 1.24 bits per heavy atom. The molecule has 0 bridgehead atoms. The van der Waals surface area contributed by atoms with E-state index in [1.165, 1.54) is 4.57 Å². The summed E-state index contributed by atoms with van der Waals surface area (Å²) in [6, 6.07) is 8.87. The average Bonchev–Trinajstić information content (AvgIpc) is 3.64. The van der Waals surface area contributed by atoms with Crippen molar-refractivity contribution in [3.05, 3.63) is 62.4 Å². The van der Waals surface area contributed by atoms with Gasteiger partial charge in [-0.15, -0.1) is 0 Å². The Kier molecular flexibility index (Phi) is 6.48. The lowest BCUT2D eigenvalue weighted by atomic mass is 10.1. The van der Waals surface area contributed by atoms with Crippen molar-refractivity contribution in [2.45, 2.75) is 39.2 Å². The van der Waals surface area contributed by atoms with Crippen molar-refractivity contribution < 1.29 is 14.3 Å². The highest BCUT2D eigenvalue weighted by molar-refractivity contribution is 6.05. The van der Waals surface area contributed by atoms with E-state index in [4.69, 9.17) is 9.47 Å². The van der Waals surface area contributed by atoms with Gasteiger partial charge in [0.05, 0.1) is 24.6 Å². The van der Waals surface area contributed by atoms with E-state index in [0.29, 0.717) is 18.0 Å². The Labute approximate surface area is 190 Å².